The van der Waals surface area contributed by atoms with Crippen molar-refractivity contribution in [3.63, 3.8) is 0 Å². The fraction of sp³-hybridized carbons (Fsp3) is 0.348. The van der Waals surface area contributed by atoms with Gasteiger partial charge in [0.25, 0.3) is 0 Å². The van der Waals surface area contributed by atoms with Gasteiger partial charge in [-0.3, -0.25) is 4.79 Å². The minimum absolute atomic E-state index is 0.0485. The minimum Gasteiger partial charge on any atom is -0.325 e. The van der Waals surface area contributed by atoms with E-state index in [9.17, 15) is 4.79 Å². The molecule has 156 valence electrons. The topological polar surface area (TPSA) is 71.8 Å². The molecule has 0 bridgehead atoms. The van der Waals surface area contributed by atoms with Crippen LogP contribution in [0.2, 0.25) is 0 Å². The second kappa shape index (κ2) is 8.52. The normalized spacial score (nSPS) is 17.9. The summed E-state index contributed by atoms with van der Waals surface area (Å²) in [6.07, 6.45) is 1.75. The highest BCUT2D eigenvalue weighted by Gasteiger charge is 2.37. The summed E-state index contributed by atoms with van der Waals surface area (Å²) in [6, 6.07) is 14.3. The van der Waals surface area contributed by atoms with E-state index in [-0.39, 0.29) is 17.2 Å². The summed E-state index contributed by atoms with van der Waals surface area (Å²) in [5, 5.41) is 12.0. The summed E-state index contributed by atoms with van der Waals surface area (Å²) >= 11 is 1.46. The molecule has 0 radical (unpaired) electrons. The number of thioether (sulfide) groups is 1. The second-order valence-corrected chi connectivity index (χ2v) is 8.73. The van der Waals surface area contributed by atoms with Crippen LogP contribution >= 0.6 is 11.8 Å². The van der Waals surface area contributed by atoms with E-state index >= 15 is 0 Å². The van der Waals surface area contributed by atoms with Gasteiger partial charge in [-0.1, -0.05) is 55.9 Å². The quantitative estimate of drug-likeness (QED) is 0.638. The van der Waals surface area contributed by atoms with Crippen LogP contribution in [0.15, 0.2) is 47.6 Å². The van der Waals surface area contributed by atoms with E-state index in [1.165, 1.54) is 22.9 Å². The summed E-state index contributed by atoms with van der Waals surface area (Å²) in [4.78, 5) is 13.3. The molecule has 0 spiro atoms. The molecule has 4 rings (SSSR count). The fourth-order valence-electron chi connectivity index (χ4n) is 3.57. The highest BCUT2D eigenvalue weighted by atomic mass is 32.2. The number of carbonyl (C=O) groups excluding carboxylic acids is 1. The number of fused-ring (bicyclic) bond motifs is 1. The number of nitrogens with zero attached hydrogens (tertiary/aromatic N) is 3. The second-order valence-electron chi connectivity index (χ2n) is 7.62. The van der Waals surface area contributed by atoms with Gasteiger partial charge in [0.1, 0.15) is 5.25 Å². The molecule has 0 saturated heterocycles. The van der Waals surface area contributed by atoms with Gasteiger partial charge in [0, 0.05) is 12.1 Å². The Labute approximate surface area is 181 Å². The number of hydrogen-bond donors (Lipinski definition) is 2. The molecule has 1 aliphatic heterocycles. The van der Waals surface area contributed by atoms with Crippen LogP contribution < -0.4 is 10.7 Å². The average Bonchev–Trinajstić information content (AvgIpc) is 3.17. The molecule has 0 fully saturated rings. The molecule has 3 aromatic rings. The van der Waals surface area contributed by atoms with E-state index in [0.29, 0.717) is 5.16 Å². The average molecular weight is 422 g/mol. The first-order chi connectivity index (χ1) is 14.5. The van der Waals surface area contributed by atoms with Crippen molar-refractivity contribution in [3.05, 3.63) is 70.5 Å². The first-order valence-corrected chi connectivity index (χ1v) is 11.2. The number of benzene rings is 2. The summed E-state index contributed by atoms with van der Waals surface area (Å²) in [7, 11) is 0. The van der Waals surface area contributed by atoms with Crippen LogP contribution in [0.3, 0.4) is 0 Å². The standard InChI is InChI=1S/C23H27N5OS/c1-5-16-8-10-17(11-9-16)20-21(30-23-26-25-19(6-2)28(23)27-20)22(29)24-18-12-7-14(3)15(4)13-18/h7-13,20-21,27H,5-6H2,1-4H3,(H,24,29)/t20-,21+/m0/s1. The molecular weight excluding hydrogens is 394 g/mol. The van der Waals surface area contributed by atoms with Crippen LogP contribution in [0.5, 0.6) is 0 Å². The monoisotopic (exact) mass is 421 g/mol. The molecule has 0 unspecified atom stereocenters. The minimum atomic E-state index is -0.375. The zero-order valence-electron chi connectivity index (χ0n) is 17.8. The molecule has 1 aliphatic rings. The van der Waals surface area contributed by atoms with Crippen LogP contribution in [-0.4, -0.2) is 26.0 Å². The largest absolute Gasteiger partial charge is 0.325 e. The van der Waals surface area contributed by atoms with Crippen LogP contribution in [0.1, 0.15) is 48.0 Å². The van der Waals surface area contributed by atoms with Gasteiger partial charge in [0.05, 0.1) is 6.04 Å². The Kier molecular flexibility index (Phi) is 5.81. The molecular formula is C23H27N5OS. The predicted molar refractivity (Wildman–Crippen MR) is 122 cm³/mol. The van der Waals surface area contributed by atoms with Crippen LogP contribution in [0.4, 0.5) is 5.69 Å². The summed E-state index contributed by atoms with van der Waals surface area (Å²) in [5.41, 5.74) is 9.01. The zero-order valence-corrected chi connectivity index (χ0v) is 18.6. The Morgan fingerprint density at radius 2 is 1.83 bits per heavy atom. The van der Waals surface area contributed by atoms with Crippen LogP contribution in [-0.2, 0) is 17.6 Å². The van der Waals surface area contributed by atoms with E-state index in [1.54, 1.807) is 0 Å². The SMILES string of the molecule is CCc1ccc([C@@H]2Nn3c(CC)nnc3S[C@H]2C(=O)Nc2ccc(C)c(C)c2)cc1. The van der Waals surface area contributed by atoms with Crippen molar-refractivity contribution in [1.29, 1.82) is 0 Å². The summed E-state index contributed by atoms with van der Waals surface area (Å²) in [5.74, 6) is 0.813. The molecule has 2 aromatic carbocycles. The van der Waals surface area contributed by atoms with Gasteiger partial charge in [0.15, 0.2) is 5.82 Å². The molecule has 2 N–H and O–H groups in total. The highest BCUT2D eigenvalue weighted by molar-refractivity contribution is 8.00. The lowest BCUT2D eigenvalue weighted by Crippen LogP contribution is -2.41. The van der Waals surface area contributed by atoms with Crippen molar-refractivity contribution >= 4 is 23.4 Å². The maximum atomic E-state index is 13.3. The number of aryl methyl sites for hydroxylation is 4. The van der Waals surface area contributed by atoms with Gasteiger partial charge in [-0.05, 0) is 54.7 Å². The first-order valence-electron chi connectivity index (χ1n) is 10.3. The van der Waals surface area contributed by atoms with E-state index in [2.05, 4.69) is 66.0 Å². The molecule has 0 saturated carbocycles. The molecule has 1 amide bonds. The van der Waals surface area contributed by atoms with Crippen molar-refractivity contribution in [2.45, 2.75) is 57.0 Å². The van der Waals surface area contributed by atoms with Crippen LogP contribution in [0.25, 0.3) is 0 Å². The van der Waals surface area contributed by atoms with Crippen molar-refractivity contribution in [2.24, 2.45) is 0 Å². The van der Waals surface area contributed by atoms with Crippen molar-refractivity contribution in [2.75, 3.05) is 10.7 Å². The molecule has 2 heterocycles. The van der Waals surface area contributed by atoms with Crippen molar-refractivity contribution < 1.29 is 4.79 Å². The van der Waals surface area contributed by atoms with Gasteiger partial charge in [-0.2, -0.15) is 0 Å². The number of hydrogen-bond acceptors (Lipinski definition) is 5. The molecule has 30 heavy (non-hydrogen) atoms. The number of amides is 1. The van der Waals surface area contributed by atoms with E-state index in [4.69, 9.17) is 0 Å². The number of carbonyl (C=O) groups is 1. The lowest BCUT2D eigenvalue weighted by atomic mass is 10.0. The van der Waals surface area contributed by atoms with Crippen molar-refractivity contribution in [1.82, 2.24) is 14.9 Å². The Bertz CT molecular complexity index is 1060. The van der Waals surface area contributed by atoms with Crippen molar-refractivity contribution in [3.8, 4) is 0 Å². The van der Waals surface area contributed by atoms with Gasteiger partial charge in [0.2, 0.25) is 11.1 Å². The number of anilines is 1. The number of rotatable bonds is 5. The maximum absolute atomic E-state index is 13.3. The van der Waals surface area contributed by atoms with E-state index < -0.39 is 0 Å². The van der Waals surface area contributed by atoms with Gasteiger partial charge < -0.3 is 10.7 Å². The summed E-state index contributed by atoms with van der Waals surface area (Å²) < 4.78 is 1.92. The van der Waals surface area contributed by atoms with Crippen LogP contribution in [0, 0.1) is 13.8 Å². The highest BCUT2D eigenvalue weighted by Crippen LogP contribution is 2.37. The van der Waals surface area contributed by atoms with Gasteiger partial charge in [-0.25, -0.2) is 4.68 Å². The molecule has 2 atom stereocenters. The Morgan fingerprint density at radius 3 is 2.50 bits per heavy atom. The molecule has 0 aliphatic carbocycles. The molecule has 6 nitrogen and oxygen atoms in total. The number of nitrogens with one attached hydrogen (secondary N) is 2. The Balaban J connectivity index is 1.66. The third kappa shape index (κ3) is 3.94. The Morgan fingerprint density at radius 1 is 1.07 bits per heavy atom. The maximum Gasteiger partial charge on any atom is 0.240 e. The third-order valence-corrected chi connectivity index (χ3v) is 6.82. The predicted octanol–water partition coefficient (Wildman–Crippen LogP) is 4.42. The zero-order chi connectivity index (χ0) is 21.3. The lowest BCUT2D eigenvalue weighted by molar-refractivity contribution is -0.116. The first kappa shape index (κ1) is 20.5. The smallest absolute Gasteiger partial charge is 0.240 e. The number of aromatic nitrogens is 3. The molecule has 1 aromatic heterocycles. The third-order valence-electron chi connectivity index (χ3n) is 5.60. The van der Waals surface area contributed by atoms with Gasteiger partial charge in [-0.15, -0.1) is 10.2 Å². The summed E-state index contributed by atoms with van der Waals surface area (Å²) in [6.45, 7) is 8.30. The molecule has 7 heteroatoms. The van der Waals surface area contributed by atoms with E-state index in [1.807, 2.05) is 29.8 Å². The Hall–Kier alpha value is -2.80. The van der Waals surface area contributed by atoms with Gasteiger partial charge >= 0.3 is 0 Å². The van der Waals surface area contributed by atoms with E-state index in [0.717, 1.165) is 35.5 Å². The lowest BCUT2D eigenvalue weighted by Gasteiger charge is -2.33. The fourth-order valence-corrected chi connectivity index (χ4v) is 4.67.